The van der Waals surface area contributed by atoms with Gasteiger partial charge in [-0.1, -0.05) is 76.9 Å². The highest BCUT2D eigenvalue weighted by Gasteiger charge is 2.17. The van der Waals surface area contributed by atoms with Crippen LogP contribution >= 0.6 is 0 Å². The molecule has 2 heteroatoms. The quantitative estimate of drug-likeness (QED) is 0.477. The van der Waals surface area contributed by atoms with E-state index in [1.54, 1.807) is 0 Å². The predicted molar refractivity (Wildman–Crippen MR) is 98.1 cm³/mol. The Morgan fingerprint density at radius 1 is 1.17 bits per heavy atom. The smallest absolute Gasteiger partial charge is 0.308 e. The van der Waals surface area contributed by atoms with Gasteiger partial charge in [0.1, 0.15) is 0 Å². The van der Waals surface area contributed by atoms with E-state index < -0.39 is 0 Å². The molecule has 128 valence electrons. The summed E-state index contributed by atoms with van der Waals surface area (Å²) in [5, 5.41) is 0. The van der Waals surface area contributed by atoms with E-state index in [1.807, 2.05) is 25.1 Å². The number of benzene rings is 1. The van der Waals surface area contributed by atoms with Gasteiger partial charge >= 0.3 is 5.97 Å². The van der Waals surface area contributed by atoms with Crippen LogP contribution in [0.2, 0.25) is 0 Å². The molecule has 0 heterocycles. The number of hydrogen-bond acceptors (Lipinski definition) is 2. The van der Waals surface area contributed by atoms with Crippen LogP contribution in [0.25, 0.3) is 5.57 Å². The van der Waals surface area contributed by atoms with Crippen LogP contribution in [-0.2, 0) is 9.53 Å². The van der Waals surface area contributed by atoms with Gasteiger partial charge in [-0.2, -0.15) is 0 Å². The first-order valence-corrected chi connectivity index (χ1v) is 8.98. The minimum Gasteiger partial charge on any atom is -0.465 e. The third-order valence-corrected chi connectivity index (χ3v) is 4.47. The van der Waals surface area contributed by atoms with E-state index in [0.717, 1.165) is 36.8 Å². The summed E-state index contributed by atoms with van der Waals surface area (Å²) in [6, 6.07) is 10.1. The summed E-state index contributed by atoms with van der Waals surface area (Å²) in [7, 11) is 0. The van der Waals surface area contributed by atoms with Crippen molar-refractivity contribution in [2.75, 3.05) is 6.61 Å². The second kappa shape index (κ2) is 11.0. The number of hydrogen-bond donors (Lipinski definition) is 0. The first-order chi connectivity index (χ1) is 11.1. The number of carbonyl (C=O) groups excluding carboxylic acids is 1. The lowest BCUT2D eigenvalue weighted by atomic mass is 9.97. The van der Waals surface area contributed by atoms with Gasteiger partial charge in [0.15, 0.2) is 0 Å². The minimum absolute atomic E-state index is 0.0687. The van der Waals surface area contributed by atoms with E-state index in [0.29, 0.717) is 12.5 Å². The van der Waals surface area contributed by atoms with Crippen molar-refractivity contribution in [2.45, 2.75) is 59.3 Å². The van der Waals surface area contributed by atoms with Crippen molar-refractivity contribution >= 4 is 11.5 Å². The van der Waals surface area contributed by atoms with E-state index in [-0.39, 0.29) is 11.9 Å². The molecule has 1 aromatic carbocycles. The number of unbranched alkanes of at least 4 members (excludes halogenated alkanes) is 1. The summed E-state index contributed by atoms with van der Waals surface area (Å²) in [5.74, 6) is 0.366. The molecule has 2 nitrogen and oxygen atoms in total. The Kier molecular flexibility index (Phi) is 9.35. The third-order valence-electron chi connectivity index (χ3n) is 4.47. The zero-order chi connectivity index (χ0) is 17.1. The van der Waals surface area contributed by atoms with Crippen molar-refractivity contribution < 1.29 is 9.53 Å². The van der Waals surface area contributed by atoms with Crippen molar-refractivity contribution in [3.8, 4) is 0 Å². The number of esters is 1. The first kappa shape index (κ1) is 19.5. The van der Waals surface area contributed by atoms with Crippen LogP contribution in [-0.4, -0.2) is 12.6 Å². The molecule has 1 rings (SSSR count). The van der Waals surface area contributed by atoms with Crippen LogP contribution in [0, 0.1) is 11.8 Å². The number of ether oxygens (including phenoxy) is 1. The molecular formula is C21H32O2. The molecule has 0 fully saturated rings. The molecule has 0 saturated heterocycles. The predicted octanol–water partition coefficient (Wildman–Crippen LogP) is 5.88. The minimum atomic E-state index is -0.0702. The lowest BCUT2D eigenvalue weighted by Crippen LogP contribution is -2.19. The van der Waals surface area contributed by atoms with Crippen molar-refractivity contribution in [1.82, 2.24) is 0 Å². The summed E-state index contributed by atoms with van der Waals surface area (Å²) >= 11 is 0. The molecule has 0 saturated carbocycles. The first-order valence-electron chi connectivity index (χ1n) is 8.98. The lowest BCUT2D eigenvalue weighted by Gasteiger charge is -2.17. The standard InChI is InChI=1S/C21H32O2/c1-5-7-11-19(6-2)16-23-21(22)18(4)15-14-17(3)20-12-9-8-10-13-20/h8-10,12-13,18-19H,3,5-7,11,14-16H2,1-2,4H3. The molecule has 0 N–H and O–H groups in total. The van der Waals surface area contributed by atoms with E-state index >= 15 is 0 Å². The number of allylic oxidation sites excluding steroid dienone is 1. The highest BCUT2D eigenvalue weighted by Crippen LogP contribution is 2.21. The Balaban J connectivity index is 2.32. The highest BCUT2D eigenvalue weighted by molar-refractivity contribution is 5.72. The molecule has 1 aromatic rings. The van der Waals surface area contributed by atoms with E-state index in [2.05, 4.69) is 32.6 Å². The molecular weight excluding hydrogens is 284 g/mol. The van der Waals surface area contributed by atoms with Crippen LogP contribution < -0.4 is 0 Å². The maximum absolute atomic E-state index is 12.1. The van der Waals surface area contributed by atoms with Crippen LogP contribution in [0.4, 0.5) is 0 Å². The van der Waals surface area contributed by atoms with Gasteiger partial charge in [0.2, 0.25) is 0 Å². The molecule has 0 amide bonds. The summed E-state index contributed by atoms with van der Waals surface area (Å²) < 4.78 is 5.52. The largest absolute Gasteiger partial charge is 0.465 e. The van der Waals surface area contributed by atoms with Crippen molar-refractivity contribution in [3.63, 3.8) is 0 Å². The van der Waals surface area contributed by atoms with Crippen molar-refractivity contribution in [3.05, 3.63) is 42.5 Å². The Bertz CT molecular complexity index is 464. The van der Waals surface area contributed by atoms with Gasteiger partial charge in [0.25, 0.3) is 0 Å². The highest BCUT2D eigenvalue weighted by atomic mass is 16.5. The Labute approximate surface area is 141 Å². The van der Waals surface area contributed by atoms with Crippen LogP contribution in [0.15, 0.2) is 36.9 Å². The van der Waals surface area contributed by atoms with Gasteiger partial charge in [0, 0.05) is 0 Å². The van der Waals surface area contributed by atoms with Crippen molar-refractivity contribution in [2.24, 2.45) is 11.8 Å². The topological polar surface area (TPSA) is 26.3 Å². The Morgan fingerprint density at radius 2 is 1.87 bits per heavy atom. The van der Waals surface area contributed by atoms with Crippen LogP contribution in [0.1, 0.15) is 64.9 Å². The average Bonchev–Trinajstić information content (AvgIpc) is 2.60. The number of rotatable bonds is 11. The second-order valence-corrected chi connectivity index (χ2v) is 6.46. The molecule has 2 unspecified atom stereocenters. The second-order valence-electron chi connectivity index (χ2n) is 6.46. The van der Waals surface area contributed by atoms with Crippen LogP contribution in [0.5, 0.6) is 0 Å². The summed E-state index contributed by atoms with van der Waals surface area (Å²) in [4.78, 5) is 12.1. The maximum atomic E-state index is 12.1. The lowest BCUT2D eigenvalue weighted by molar-refractivity contribution is -0.149. The van der Waals surface area contributed by atoms with E-state index in [1.165, 1.54) is 12.8 Å². The van der Waals surface area contributed by atoms with Crippen molar-refractivity contribution in [1.29, 1.82) is 0 Å². The summed E-state index contributed by atoms with van der Waals surface area (Å²) in [5.41, 5.74) is 2.23. The summed E-state index contributed by atoms with van der Waals surface area (Å²) in [6.07, 6.45) is 6.25. The molecule has 0 bridgehead atoms. The van der Waals surface area contributed by atoms with Gasteiger partial charge in [0.05, 0.1) is 12.5 Å². The van der Waals surface area contributed by atoms with Crippen LogP contribution in [0.3, 0.4) is 0 Å². The zero-order valence-electron chi connectivity index (χ0n) is 15.0. The van der Waals surface area contributed by atoms with E-state index in [9.17, 15) is 4.79 Å². The zero-order valence-corrected chi connectivity index (χ0v) is 15.0. The molecule has 0 spiro atoms. The third kappa shape index (κ3) is 7.49. The molecule has 0 aliphatic heterocycles. The SMILES string of the molecule is C=C(CCC(C)C(=O)OCC(CC)CCCC)c1ccccc1. The molecule has 0 aliphatic carbocycles. The Hall–Kier alpha value is -1.57. The normalized spacial score (nSPS) is 13.3. The van der Waals surface area contributed by atoms with Gasteiger partial charge in [-0.15, -0.1) is 0 Å². The molecule has 0 aliphatic rings. The maximum Gasteiger partial charge on any atom is 0.308 e. The molecule has 23 heavy (non-hydrogen) atoms. The fourth-order valence-corrected chi connectivity index (χ4v) is 2.57. The summed E-state index contributed by atoms with van der Waals surface area (Å²) in [6.45, 7) is 11.0. The fourth-order valence-electron chi connectivity index (χ4n) is 2.57. The fraction of sp³-hybridized carbons (Fsp3) is 0.571. The number of carbonyl (C=O) groups is 1. The van der Waals surface area contributed by atoms with Gasteiger partial charge in [-0.3, -0.25) is 4.79 Å². The van der Waals surface area contributed by atoms with Gasteiger partial charge in [-0.25, -0.2) is 0 Å². The van der Waals surface area contributed by atoms with Gasteiger partial charge < -0.3 is 4.74 Å². The average molecular weight is 316 g/mol. The van der Waals surface area contributed by atoms with E-state index in [4.69, 9.17) is 4.74 Å². The molecule has 2 atom stereocenters. The Morgan fingerprint density at radius 3 is 2.48 bits per heavy atom. The monoisotopic (exact) mass is 316 g/mol. The molecule has 0 radical (unpaired) electrons. The molecule has 0 aromatic heterocycles. The van der Waals surface area contributed by atoms with Gasteiger partial charge in [-0.05, 0) is 36.3 Å².